The van der Waals surface area contributed by atoms with Crippen molar-refractivity contribution in [1.82, 2.24) is 4.98 Å². The number of anilines is 2. The molecule has 0 radical (unpaired) electrons. The molecule has 48 heavy (non-hydrogen) atoms. The lowest BCUT2D eigenvalue weighted by Gasteiger charge is -2.19. The highest BCUT2D eigenvalue weighted by Gasteiger charge is 2.31. The van der Waals surface area contributed by atoms with Gasteiger partial charge < -0.3 is 29.6 Å². The van der Waals surface area contributed by atoms with Crippen LogP contribution in [0.25, 0.3) is 0 Å². The monoisotopic (exact) mass is 701 g/mol. The molecular formula is C33H39N3O10S2. The molecule has 0 aliphatic rings. The van der Waals surface area contributed by atoms with Crippen molar-refractivity contribution in [1.29, 1.82) is 0 Å². The van der Waals surface area contributed by atoms with E-state index in [1.54, 1.807) is 69.2 Å². The Balaban J connectivity index is 1.94. The molecule has 3 rings (SSSR count). The lowest BCUT2D eigenvalue weighted by atomic mass is 10.1. The molecule has 13 nitrogen and oxygen atoms in total. The minimum atomic E-state index is -0.803. The van der Waals surface area contributed by atoms with Gasteiger partial charge in [-0.05, 0) is 92.5 Å². The molecule has 0 unspecified atom stereocenters. The Bertz CT molecular complexity index is 1640. The zero-order valence-corrected chi connectivity index (χ0v) is 30.1. The average molecular weight is 702 g/mol. The largest absolute Gasteiger partial charge is 0.462 e. The highest BCUT2D eigenvalue weighted by molar-refractivity contribution is 7.19. The van der Waals surface area contributed by atoms with Gasteiger partial charge in [-0.15, -0.1) is 22.7 Å². The van der Waals surface area contributed by atoms with Gasteiger partial charge in [-0.1, -0.05) is 6.07 Å². The van der Waals surface area contributed by atoms with Crippen molar-refractivity contribution in [3.8, 4) is 0 Å². The number of ether oxygens (including phenoxy) is 4. The Morgan fingerprint density at radius 2 is 1.00 bits per heavy atom. The maximum Gasteiger partial charge on any atom is 0.349 e. The summed E-state index contributed by atoms with van der Waals surface area (Å²) in [5, 5.41) is 5.29. The molecule has 0 atom stereocenters. The molecule has 0 aliphatic heterocycles. The standard InChI is InChI=1S/C33H39N3O10S2/c1-11-43-28(39)20-16(3)22(30(41)45-32(5,6)7)47-26(20)35-24(37)18-14-13-15-19(34-18)25(38)36-27-21(29(40)44-12-2)17(4)23(48-27)31(42)46-33(8,9)10/h13-15H,11-12H2,1-10H3,(H,35,37)(H,36,38). The molecule has 0 saturated heterocycles. The number of rotatable bonds is 10. The second-order valence-electron chi connectivity index (χ2n) is 12.3. The van der Waals surface area contributed by atoms with Crippen LogP contribution in [-0.2, 0) is 18.9 Å². The number of hydrogen-bond donors (Lipinski definition) is 2. The number of aromatic nitrogens is 1. The Labute approximate surface area is 286 Å². The molecule has 0 aromatic carbocycles. The molecule has 2 amide bonds. The van der Waals surface area contributed by atoms with Crippen LogP contribution in [0.4, 0.5) is 10.0 Å². The lowest BCUT2D eigenvalue weighted by Crippen LogP contribution is -2.23. The first-order valence-electron chi connectivity index (χ1n) is 14.9. The second kappa shape index (κ2) is 15.1. The van der Waals surface area contributed by atoms with E-state index in [9.17, 15) is 28.8 Å². The zero-order valence-electron chi connectivity index (χ0n) is 28.5. The predicted molar refractivity (Wildman–Crippen MR) is 181 cm³/mol. The normalized spacial score (nSPS) is 11.4. The number of carbonyl (C=O) groups is 6. The molecule has 15 heteroatoms. The van der Waals surface area contributed by atoms with Gasteiger partial charge in [0.05, 0.1) is 24.3 Å². The minimum absolute atomic E-state index is 0.00897. The van der Waals surface area contributed by atoms with Gasteiger partial charge in [0.2, 0.25) is 0 Å². The molecule has 0 spiro atoms. The van der Waals surface area contributed by atoms with Gasteiger partial charge in [-0.25, -0.2) is 24.2 Å². The van der Waals surface area contributed by atoms with E-state index in [1.807, 2.05) is 0 Å². The first kappa shape index (κ1) is 37.8. The van der Waals surface area contributed by atoms with Crippen LogP contribution in [0.15, 0.2) is 18.2 Å². The number of amides is 2. The van der Waals surface area contributed by atoms with E-state index >= 15 is 0 Å². The summed E-state index contributed by atoms with van der Waals surface area (Å²) in [5.74, 6) is -4.39. The summed E-state index contributed by atoms with van der Waals surface area (Å²) in [6.07, 6.45) is 0. The van der Waals surface area contributed by atoms with E-state index in [0.717, 1.165) is 22.7 Å². The van der Waals surface area contributed by atoms with E-state index in [-0.39, 0.29) is 66.6 Å². The number of nitrogens with zero attached hydrogens (tertiary/aromatic N) is 1. The van der Waals surface area contributed by atoms with E-state index in [0.29, 0.717) is 0 Å². The van der Waals surface area contributed by atoms with Crippen molar-refractivity contribution in [3.05, 3.63) is 61.6 Å². The van der Waals surface area contributed by atoms with Gasteiger partial charge in [0.25, 0.3) is 11.8 Å². The smallest absolute Gasteiger partial charge is 0.349 e. The van der Waals surface area contributed by atoms with Gasteiger partial charge in [-0.2, -0.15) is 0 Å². The number of esters is 4. The molecule has 0 bridgehead atoms. The van der Waals surface area contributed by atoms with Crippen molar-refractivity contribution in [2.45, 2.75) is 80.4 Å². The number of thiophene rings is 2. The Morgan fingerprint density at radius 1 is 0.646 bits per heavy atom. The molecule has 0 fully saturated rings. The number of nitrogens with one attached hydrogen (secondary N) is 2. The maximum atomic E-state index is 13.4. The van der Waals surface area contributed by atoms with Crippen LogP contribution in [0.3, 0.4) is 0 Å². The number of pyridine rings is 1. The molecule has 2 N–H and O–H groups in total. The summed E-state index contributed by atoms with van der Waals surface area (Å²) in [7, 11) is 0. The quantitative estimate of drug-likeness (QED) is 0.172. The van der Waals surface area contributed by atoms with Crippen molar-refractivity contribution < 1.29 is 47.7 Å². The van der Waals surface area contributed by atoms with Crippen molar-refractivity contribution in [3.63, 3.8) is 0 Å². The summed E-state index contributed by atoms with van der Waals surface area (Å²) in [6, 6.07) is 4.13. The molecule has 3 heterocycles. The number of carbonyl (C=O) groups excluding carboxylic acids is 6. The Kier molecular flexibility index (Phi) is 11.9. The number of hydrogen-bond acceptors (Lipinski definition) is 13. The summed E-state index contributed by atoms with van der Waals surface area (Å²) in [4.78, 5) is 82.6. The first-order valence-corrected chi connectivity index (χ1v) is 16.6. The first-order chi connectivity index (χ1) is 22.3. The summed E-state index contributed by atoms with van der Waals surface area (Å²) < 4.78 is 21.3. The minimum Gasteiger partial charge on any atom is -0.462 e. The van der Waals surface area contributed by atoms with Crippen molar-refractivity contribution in [2.24, 2.45) is 0 Å². The van der Waals surface area contributed by atoms with Gasteiger partial charge in [0, 0.05) is 0 Å². The van der Waals surface area contributed by atoms with E-state index in [2.05, 4.69) is 15.6 Å². The third-order valence-electron chi connectivity index (χ3n) is 6.09. The van der Waals surface area contributed by atoms with Crippen LogP contribution in [-0.4, -0.2) is 65.1 Å². The average Bonchev–Trinajstić information content (AvgIpc) is 3.47. The van der Waals surface area contributed by atoms with Crippen LogP contribution in [0, 0.1) is 13.8 Å². The fraction of sp³-hybridized carbons (Fsp3) is 0.424. The molecule has 3 aromatic heterocycles. The second-order valence-corrected chi connectivity index (χ2v) is 14.3. The highest BCUT2D eigenvalue weighted by atomic mass is 32.1. The van der Waals surface area contributed by atoms with Crippen LogP contribution < -0.4 is 10.6 Å². The molecule has 258 valence electrons. The van der Waals surface area contributed by atoms with Crippen LogP contribution in [0.1, 0.15) is 128 Å². The van der Waals surface area contributed by atoms with E-state index < -0.39 is 46.9 Å². The third kappa shape index (κ3) is 9.25. The topological polar surface area (TPSA) is 176 Å². The highest BCUT2D eigenvalue weighted by Crippen LogP contribution is 2.37. The summed E-state index contributed by atoms with van der Waals surface area (Å²) in [6.45, 7) is 16.7. The maximum absolute atomic E-state index is 13.4. The lowest BCUT2D eigenvalue weighted by molar-refractivity contribution is 0.00615. The van der Waals surface area contributed by atoms with Crippen LogP contribution in [0.2, 0.25) is 0 Å². The van der Waals surface area contributed by atoms with E-state index in [1.165, 1.54) is 18.2 Å². The van der Waals surface area contributed by atoms with Gasteiger partial charge >= 0.3 is 23.9 Å². The van der Waals surface area contributed by atoms with Crippen LogP contribution >= 0.6 is 22.7 Å². The van der Waals surface area contributed by atoms with E-state index in [4.69, 9.17) is 18.9 Å². The van der Waals surface area contributed by atoms with Crippen molar-refractivity contribution in [2.75, 3.05) is 23.8 Å². The van der Waals surface area contributed by atoms with Crippen LogP contribution in [0.5, 0.6) is 0 Å². The molecular weight excluding hydrogens is 663 g/mol. The third-order valence-corrected chi connectivity index (χ3v) is 8.46. The fourth-order valence-electron chi connectivity index (χ4n) is 4.16. The Hall–Kier alpha value is -4.63. The molecule has 0 aliphatic carbocycles. The molecule has 0 saturated carbocycles. The zero-order chi connectivity index (χ0) is 36.1. The summed E-state index contributed by atoms with van der Waals surface area (Å²) >= 11 is 1.69. The predicted octanol–water partition coefficient (Wildman–Crippen LogP) is 6.59. The van der Waals surface area contributed by atoms with Crippen molar-refractivity contribution >= 4 is 68.4 Å². The molecule has 3 aromatic rings. The SMILES string of the molecule is CCOC(=O)c1c(NC(=O)c2cccc(C(=O)Nc3sc(C(=O)OC(C)(C)C)c(C)c3C(=O)OCC)n2)sc(C(=O)OC(C)(C)C)c1C. The van der Waals surface area contributed by atoms with Gasteiger partial charge in [-0.3, -0.25) is 9.59 Å². The Morgan fingerprint density at radius 3 is 1.31 bits per heavy atom. The van der Waals surface area contributed by atoms with Gasteiger partial charge in [0.15, 0.2) is 0 Å². The fourth-order valence-corrected chi connectivity index (χ4v) is 6.29. The van der Waals surface area contributed by atoms with Gasteiger partial charge in [0.1, 0.15) is 42.3 Å². The summed E-state index contributed by atoms with van der Waals surface area (Å²) in [5.41, 5.74) is -1.45.